The molecule has 1 atom stereocenters. The lowest BCUT2D eigenvalue weighted by atomic mass is 9.86. The summed E-state index contributed by atoms with van der Waals surface area (Å²) in [5.41, 5.74) is 7.26. The Kier molecular flexibility index (Phi) is 7.43. The molecule has 0 spiro atoms. The fourth-order valence-electron chi connectivity index (χ4n) is 6.86. The molecule has 5 heterocycles. The lowest BCUT2D eigenvalue weighted by Crippen LogP contribution is -2.36. The van der Waals surface area contributed by atoms with Crippen LogP contribution in [0.15, 0.2) is 89.5 Å². The minimum Gasteiger partial charge on any atom is -0.508 e. The van der Waals surface area contributed by atoms with Crippen molar-refractivity contribution in [2.24, 2.45) is 15.0 Å². The van der Waals surface area contributed by atoms with Gasteiger partial charge in [0.25, 0.3) is 0 Å². The van der Waals surface area contributed by atoms with Gasteiger partial charge in [-0.1, -0.05) is 19.6 Å². The van der Waals surface area contributed by atoms with Crippen molar-refractivity contribution in [2.75, 3.05) is 7.11 Å². The molecule has 0 radical (unpaired) electrons. The van der Waals surface area contributed by atoms with Gasteiger partial charge in [-0.2, -0.15) is 0 Å². The molecule has 10 nitrogen and oxygen atoms in total. The van der Waals surface area contributed by atoms with Gasteiger partial charge in [-0.3, -0.25) is 9.59 Å². The zero-order valence-corrected chi connectivity index (χ0v) is 26.8. The largest absolute Gasteiger partial charge is 0.508 e. The number of esters is 1. The number of carbonyl (C=O) groups excluding carboxylic acids is 1. The molecule has 0 amide bonds. The highest BCUT2D eigenvalue weighted by molar-refractivity contribution is 6.27. The summed E-state index contributed by atoms with van der Waals surface area (Å²) in [6.45, 7) is 13.8. The summed E-state index contributed by atoms with van der Waals surface area (Å²) in [5, 5.41) is 35.1. The number of aliphatic hydroxyl groups excluding tert-OH is 1. The number of aliphatic carboxylic acids is 1. The summed E-state index contributed by atoms with van der Waals surface area (Å²) in [7, 11) is 1.21. The van der Waals surface area contributed by atoms with E-state index in [0.29, 0.717) is 33.7 Å². The van der Waals surface area contributed by atoms with Gasteiger partial charge in [-0.15, -0.1) is 0 Å². The zero-order valence-electron chi connectivity index (χ0n) is 26.8. The standard InChI is InChI=1S/C36H36N4O6/c1-8-20-16(3)23-12-25-18(5)22(10-11-29(41)42)33(39-25)32-34-31(35(44)36(32,45)15-30(43)46-7)19(6)26(40-34)14-28-21(9-2)17(4)24(38-28)13-27(20)37-23/h8,12-14,37,44-45H,1,9-11,15H2,2-7H3,(H,41,42). The molecule has 0 fully saturated rings. The minimum absolute atomic E-state index is 0.101. The third-order valence-electron chi connectivity index (χ3n) is 9.46. The molecular weight excluding hydrogens is 584 g/mol. The van der Waals surface area contributed by atoms with Crippen LogP contribution in [0.25, 0.3) is 18.2 Å². The molecule has 0 saturated heterocycles. The Labute approximate surface area is 266 Å². The van der Waals surface area contributed by atoms with Crippen LogP contribution in [0.2, 0.25) is 0 Å². The minimum atomic E-state index is -2.21. The average Bonchev–Trinajstić information content (AvgIpc) is 3.72. The summed E-state index contributed by atoms with van der Waals surface area (Å²) in [4.78, 5) is 42.8. The van der Waals surface area contributed by atoms with Crippen molar-refractivity contribution in [1.82, 2.24) is 4.98 Å². The topological polar surface area (TPSA) is 157 Å². The first-order valence-electron chi connectivity index (χ1n) is 15.2. The smallest absolute Gasteiger partial charge is 0.309 e. The van der Waals surface area contributed by atoms with E-state index in [1.807, 2.05) is 39.0 Å². The predicted octanol–water partition coefficient (Wildman–Crippen LogP) is 4.34. The van der Waals surface area contributed by atoms with E-state index in [4.69, 9.17) is 19.7 Å². The zero-order chi connectivity index (χ0) is 33.2. The van der Waals surface area contributed by atoms with E-state index in [9.17, 15) is 24.9 Å². The number of aromatic amines is 1. The molecule has 1 aliphatic carbocycles. The maximum Gasteiger partial charge on any atom is 0.309 e. The van der Waals surface area contributed by atoms with Crippen molar-refractivity contribution in [2.45, 2.75) is 65.9 Å². The monoisotopic (exact) mass is 620 g/mol. The van der Waals surface area contributed by atoms with E-state index < -0.39 is 29.7 Å². The number of carbonyl (C=O) groups is 2. The van der Waals surface area contributed by atoms with Crippen molar-refractivity contribution >= 4 is 47.3 Å². The molecule has 10 heteroatoms. The molecule has 1 aromatic rings. The van der Waals surface area contributed by atoms with E-state index in [2.05, 4.69) is 18.5 Å². The van der Waals surface area contributed by atoms with Gasteiger partial charge in [0.05, 0.1) is 47.8 Å². The Morgan fingerprint density at radius 2 is 1.67 bits per heavy atom. The number of aliphatic imine (C=N–C) groups is 3. The number of allylic oxidation sites excluding steroid dienone is 7. The van der Waals surface area contributed by atoms with Crippen molar-refractivity contribution in [3.05, 3.63) is 96.3 Å². The first-order valence-corrected chi connectivity index (χ1v) is 15.2. The van der Waals surface area contributed by atoms with Crippen LogP contribution in [0.1, 0.15) is 64.5 Å². The SMILES string of the molecule is C=Cc1c(C)c2[nH]c1=CC1=NC(=CC3=C(C)C4=C(O)C(O)(CC(=O)OC)C(=C5N=C(C=2)C(C)=C5CCC(=O)O)C4=N3)C(CC)=C1C. The Morgan fingerprint density at radius 1 is 1.00 bits per heavy atom. The number of carboxylic acid groups (broad SMARTS) is 1. The molecule has 0 saturated carbocycles. The normalized spacial score (nSPS) is 21.8. The third-order valence-corrected chi connectivity index (χ3v) is 9.46. The van der Waals surface area contributed by atoms with Crippen LogP contribution in [-0.4, -0.2) is 62.1 Å². The Morgan fingerprint density at radius 3 is 2.33 bits per heavy atom. The molecule has 5 aliphatic rings. The van der Waals surface area contributed by atoms with Crippen molar-refractivity contribution in [3.8, 4) is 0 Å². The second-order valence-electron chi connectivity index (χ2n) is 12.0. The van der Waals surface area contributed by atoms with Crippen LogP contribution < -0.4 is 10.7 Å². The molecule has 0 aromatic carbocycles. The average molecular weight is 621 g/mol. The van der Waals surface area contributed by atoms with E-state index in [-0.39, 0.29) is 29.8 Å². The quantitative estimate of drug-likeness (QED) is 0.332. The predicted molar refractivity (Wildman–Crippen MR) is 178 cm³/mol. The van der Waals surface area contributed by atoms with Crippen LogP contribution in [0.4, 0.5) is 0 Å². The highest BCUT2D eigenvalue weighted by Crippen LogP contribution is 2.50. The lowest BCUT2D eigenvalue weighted by molar-refractivity contribution is -0.144. The molecule has 236 valence electrons. The molecule has 4 N–H and O–H groups in total. The molecule has 1 unspecified atom stereocenters. The first kappa shape index (κ1) is 30.9. The van der Waals surface area contributed by atoms with Gasteiger partial charge in [0, 0.05) is 33.8 Å². The number of rotatable bonds is 7. The van der Waals surface area contributed by atoms with Gasteiger partial charge in [0.15, 0.2) is 5.60 Å². The number of aliphatic hydroxyl groups is 2. The fourth-order valence-corrected chi connectivity index (χ4v) is 6.86. The van der Waals surface area contributed by atoms with Gasteiger partial charge < -0.3 is 25.0 Å². The maximum atomic E-state index is 12.7. The van der Waals surface area contributed by atoms with Gasteiger partial charge in [0.2, 0.25) is 0 Å². The number of hydrogen-bond donors (Lipinski definition) is 4. The number of carboxylic acids is 1. The summed E-state index contributed by atoms with van der Waals surface area (Å²) in [5.74, 6) is -2.17. The summed E-state index contributed by atoms with van der Waals surface area (Å²) < 4.78 is 4.91. The van der Waals surface area contributed by atoms with Crippen molar-refractivity contribution in [1.29, 1.82) is 0 Å². The van der Waals surface area contributed by atoms with Crippen LogP contribution >= 0.6 is 0 Å². The first-order chi connectivity index (χ1) is 21.8. The molecular formula is C36H36N4O6. The highest BCUT2D eigenvalue weighted by atomic mass is 16.5. The Bertz CT molecular complexity index is 2100. The number of ether oxygens (including phenoxy) is 1. The number of nitrogens with zero attached hydrogens (tertiary/aromatic N) is 3. The van der Waals surface area contributed by atoms with Gasteiger partial charge in [0.1, 0.15) is 5.76 Å². The molecule has 8 bridgehead atoms. The molecule has 6 rings (SSSR count). The fraction of sp³-hybridized carbons (Fsp3) is 0.306. The second-order valence-corrected chi connectivity index (χ2v) is 12.0. The van der Waals surface area contributed by atoms with Crippen molar-refractivity contribution in [3.63, 3.8) is 0 Å². The summed E-state index contributed by atoms with van der Waals surface area (Å²) in [6, 6.07) is 0. The Balaban J connectivity index is 1.76. The number of nitrogens with one attached hydrogen (secondary N) is 1. The number of methoxy groups -OCH3 is 1. The molecule has 1 aromatic heterocycles. The lowest BCUT2D eigenvalue weighted by Gasteiger charge is -2.26. The third kappa shape index (κ3) is 4.55. The van der Waals surface area contributed by atoms with Crippen LogP contribution in [0.3, 0.4) is 0 Å². The maximum absolute atomic E-state index is 12.7. The highest BCUT2D eigenvalue weighted by Gasteiger charge is 2.54. The van der Waals surface area contributed by atoms with E-state index in [0.717, 1.165) is 50.8 Å². The van der Waals surface area contributed by atoms with Crippen LogP contribution in [-0.2, 0) is 14.3 Å². The summed E-state index contributed by atoms with van der Waals surface area (Å²) in [6.07, 6.45) is 7.61. The summed E-state index contributed by atoms with van der Waals surface area (Å²) >= 11 is 0. The van der Waals surface area contributed by atoms with E-state index in [1.165, 1.54) is 7.11 Å². The molecule has 4 aliphatic heterocycles. The van der Waals surface area contributed by atoms with Crippen molar-refractivity contribution < 1.29 is 29.6 Å². The number of fused-ring (bicyclic) bond motifs is 5. The van der Waals surface area contributed by atoms with Gasteiger partial charge >= 0.3 is 11.9 Å². The number of aromatic nitrogens is 1. The van der Waals surface area contributed by atoms with Gasteiger partial charge in [-0.25, -0.2) is 15.0 Å². The van der Waals surface area contributed by atoms with E-state index in [1.54, 1.807) is 13.0 Å². The second kappa shape index (κ2) is 11.1. The van der Waals surface area contributed by atoms with Crippen LogP contribution in [0, 0.1) is 6.92 Å². The Hall–Kier alpha value is -5.09. The van der Waals surface area contributed by atoms with Gasteiger partial charge in [-0.05, 0) is 92.2 Å². The number of hydrogen-bond acceptors (Lipinski definition) is 8. The molecule has 46 heavy (non-hydrogen) atoms. The number of H-pyrrole nitrogens is 1. The van der Waals surface area contributed by atoms with Crippen LogP contribution in [0.5, 0.6) is 0 Å². The van der Waals surface area contributed by atoms with E-state index >= 15 is 0 Å².